The third kappa shape index (κ3) is 3.72. The van der Waals surface area contributed by atoms with Gasteiger partial charge >= 0.3 is 5.97 Å². The van der Waals surface area contributed by atoms with E-state index >= 15 is 0 Å². The average Bonchev–Trinajstić information content (AvgIpc) is 3.41. The Morgan fingerprint density at radius 2 is 1.82 bits per heavy atom. The molecule has 38 heavy (non-hydrogen) atoms. The van der Waals surface area contributed by atoms with Crippen LogP contribution >= 0.6 is 0 Å². The molecule has 9 nitrogen and oxygen atoms in total. The summed E-state index contributed by atoms with van der Waals surface area (Å²) in [4.78, 5) is 11.8. The second-order valence-corrected chi connectivity index (χ2v) is 13.5. The number of carbonyl (C=O) groups is 1. The molecular formula is C29H44O9. The molecule has 6 rings (SSSR count). The second kappa shape index (κ2) is 9.23. The van der Waals surface area contributed by atoms with Crippen molar-refractivity contribution >= 4 is 5.97 Å². The summed E-state index contributed by atoms with van der Waals surface area (Å²) < 4.78 is 17.2. The third-order valence-corrected chi connectivity index (χ3v) is 12.1. The van der Waals surface area contributed by atoms with Gasteiger partial charge in [-0.3, -0.25) is 0 Å². The maximum atomic E-state index is 12.4. The topological polar surface area (TPSA) is 146 Å². The molecule has 4 aliphatic carbocycles. The molecule has 0 spiro atoms. The second-order valence-electron chi connectivity index (χ2n) is 13.5. The molecule has 0 bridgehead atoms. The van der Waals surface area contributed by atoms with Gasteiger partial charge in [0.1, 0.15) is 12.7 Å². The van der Waals surface area contributed by atoms with E-state index in [1.54, 1.807) is 13.0 Å². The maximum absolute atomic E-state index is 12.4. The third-order valence-electron chi connectivity index (χ3n) is 12.1. The van der Waals surface area contributed by atoms with Gasteiger partial charge in [0, 0.05) is 29.7 Å². The van der Waals surface area contributed by atoms with Gasteiger partial charge in [-0.2, -0.15) is 0 Å². The SMILES string of the molecule is C[C@@H]1O[C@H](O[C@@H]2CC[C@]3(CO)[C@H]4CC[C@]5(C)[C@H](C6=CC(=O)OC6)CC[C@]5(O)[C@@H]4CC[C@]3(O)C2)C[C@H](O)[C@@H]1O. The van der Waals surface area contributed by atoms with E-state index in [4.69, 9.17) is 14.2 Å². The number of cyclic esters (lactones) is 1. The standard InChI is InChI=1S/C29H44O9/c1-16-25(33)22(31)12-24(37-16)38-18-3-8-27(15-30)20-4-7-26(2)19(17-11-23(32)36-14-17)6-10-29(26,35)21(20)5-9-28(27,34)13-18/h11,16,18-22,24-25,30-31,33-35H,3-10,12-15H2,1-2H3/t16-,18+,19-,20-,21+,22-,24+,25+,26+,27-,28-,29-/m0/s1. The van der Waals surface area contributed by atoms with E-state index in [2.05, 4.69) is 6.92 Å². The zero-order valence-corrected chi connectivity index (χ0v) is 22.6. The zero-order valence-electron chi connectivity index (χ0n) is 22.6. The Hall–Kier alpha value is -1.07. The summed E-state index contributed by atoms with van der Waals surface area (Å²) in [5.74, 6) is -0.245. The molecule has 0 aromatic heterocycles. The maximum Gasteiger partial charge on any atom is 0.331 e. The van der Waals surface area contributed by atoms with Crippen molar-refractivity contribution in [1.29, 1.82) is 0 Å². The minimum absolute atomic E-state index is 0.0117. The highest BCUT2D eigenvalue weighted by atomic mass is 16.7. The van der Waals surface area contributed by atoms with Crippen LogP contribution in [0.25, 0.3) is 0 Å². The van der Waals surface area contributed by atoms with Crippen molar-refractivity contribution in [3.8, 4) is 0 Å². The average molecular weight is 537 g/mol. The van der Waals surface area contributed by atoms with Gasteiger partial charge in [0.25, 0.3) is 0 Å². The first kappa shape index (κ1) is 27.1. The lowest BCUT2D eigenvalue weighted by atomic mass is 9.41. The molecule has 214 valence electrons. The van der Waals surface area contributed by atoms with Gasteiger partial charge in [-0.05, 0) is 81.6 Å². The van der Waals surface area contributed by atoms with E-state index in [1.165, 1.54) is 0 Å². The molecule has 12 atom stereocenters. The Kier molecular flexibility index (Phi) is 6.58. The fourth-order valence-electron chi connectivity index (χ4n) is 9.94. The van der Waals surface area contributed by atoms with Gasteiger partial charge in [0.15, 0.2) is 6.29 Å². The van der Waals surface area contributed by atoms with Crippen LogP contribution in [0.2, 0.25) is 0 Å². The van der Waals surface area contributed by atoms with Crippen LogP contribution in [0.1, 0.15) is 78.1 Å². The van der Waals surface area contributed by atoms with E-state index in [-0.39, 0.29) is 48.3 Å². The Bertz CT molecular complexity index is 973. The number of aliphatic hydroxyl groups excluding tert-OH is 3. The van der Waals surface area contributed by atoms with Crippen LogP contribution in [0.3, 0.4) is 0 Å². The molecule has 6 aliphatic rings. The molecule has 9 heteroatoms. The highest BCUT2D eigenvalue weighted by Gasteiger charge is 2.71. The van der Waals surface area contributed by atoms with Gasteiger partial charge < -0.3 is 39.7 Å². The number of ether oxygens (including phenoxy) is 3. The van der Waals surface area contributed by atoms with Crippen LogP contribution in [-0.2, 0) is 19.0 Å². The number of hydrogen-bond acceptors (Lipinski definition) is 9. The highest BCUT2D eigenvalue weighted by molar-refractivity contribution is 5.85. The summed E-state index contributed by atoms with van der Waals surface area (Å²) in [6.45, 7) is 4.05. The van der Waals surface area contributed by atoms with Crippen molar-refractivity contribution < 1.29 is 44.5 Å². The van der Waals surface area contributed by atoms with Crippen molar-refractivity contribution in [3.63, 3.8) is 0 Å². The Labute approximate surface area is 224 Å². The molecule has 2 heterocycles. The molecule has 5 N–H and O–H groups in total. The number of esters is 1. The fraction of sp³-hybridized carbons (Fsp3) is 0.897. The monoisotopic (exact) mass is 536 g/mol. The summed E-state index contributed by atoms with van der Waals surface area (Å²) >= 11 is 0. The lowest BCUT2D eigenvalue weighted by Gasteiger charge is -2.66. The van der Waals surface area contributed by atoms with Crippen molar-refractivity contribution in [3.05, 3.63) is 11.6 Å². The highest BCUT2D eigenvalue weighted by Crippen LogP contribution is 2.70. The molecule has 4 saturated carbocycles. The Morgan fingerprint density at radius 3 is 2.50 bits per heavy atom. The number of aliphatic hydroxyl groups is 5. The molecular weight excluding hydrogens is 492 g/mol. The van der Waals surface area contributed by atoms with Gasteiger partial charge in [0.05, 0.1) is 36.1 Å². The van der Waals surface area contributed by atoms with Crippen molar-refractivity contribution in [1.82, 2.24) is 0 Å². The first-order valence-electron chi connectivity index (χ1n) is 14.6. The molecule has 2 aliphatic heterocycles. The minimum atomic E-state index is -1.12. The molecule has 0 aromatic rings. The van der Waals surface area contributed by atoms with Crippen LogP contribution in [0.15, 0.2) is 11.6 Å². The fourth-order valence-corrected chi connectivity index (χ4v) is 9.94. The van der Waals surface area contributed by atoms with Crippen molar-refractivity contribution in [2.24, 2.45) is 28.6 Å². The molecule has 0 radical (unpaired) electrons. The number of hydrogen-bond donors (Lipinski definition) is 5. The smallest absolute Gasteiger partial charge is 0.331 e. The number of rotatable bonds is 4. The predicted octanol–water partition coefficient (Wildman–Crippen LogP) is 1.57. The lowest BCUT2D eigenvalue weighted by Crippen LogP contribution is -2.69. The summed E-state index contributed by atoms with van der Waals surface area (Å²) in [6.07, 6.45) is 4.24. The molecule has 1 saturated heterocycles. The number of fused-ring (bicyclic) bond motifs is 5. The summed E-state index contributed by atoms with van der Waals surface area (Å²) in [5, 5.41) is 55.6. The summed E-state index contributed by atoms with van der Waals surface area (Å²) in [7, 11) is 0. The normalized spacial score (nSPS) is 54.5. The predicted molar refractivity (Wildman–Crippen MR) is 134 cm³/mol. The lowest BCUT2D eigenvalue weighted by molar-refractivity contribution is -0.297. The van der Waals surface area contributed by atoms with Gasteiger partial charge in [-0.1, -0.05) is 6.92 Å². The van der Waals surface area contributed by atoms with Crippen LogP contribution in [0.4, 0.5) is 0 Å². The van der Waals surface area contributed by atoms with E-state index in [1.807, 2.05) is 0 Å². The largest absolute Gasteiger partial charge is 0.458 e. The van der Waals surface area contributed by atoms with E-state index < -0.39 is 41.2 Å². The minimum Gasteiger partial charge on any atom is -0.458 e. The van der Waals surface area contributed by atoms with Crippen LogP contribution in [-0.4, -0.2) is 86.6 Å². The summed E-state index contributed by atoms with van der Waals surface area (Å²) in [6, 6.07) is 0. The Balaban J connectivity index is 1.21. The summed E-state index contributed by atoms with van der Waals surface area (Å²) in [5.41, 5.74) is -2.15. The van der Waals surface area contributed by atoms with Crippen LogP contribution in [0.5, 0.6) is 0 Å². The van der Waals surface area contributed by atoms with E-state index in [0.29, 0.717) is 45.1 Å². The first-order valence-corrected chi connectivity index (χ1v) is 14.6. The van der Waals surface area contributed by atoms with E-state index in [9.17, 15) is 30.3 Å². The molecule has 0 aromatic carbocycles. The quantitative estimate of drug-likeness (QED) is 0.267. The number of carbonyl (C=O) groups excluding carboxylic acids is 1. The van der Waals surface area contributed by atoms with Crippen LogP contribution in [0, 0.1) is 28.6 Å². The van der Waals surface area contributed by atoms with Gasteiger partial charge in [-0.15, -0.1) is 0 Å². The molecule has 5 fully saturated rings. The first-order chi connectivity index (χ1) is 18.0. The van der Waals surface area contributed by atoms with Crippen molar-refractivity contribution in [2.45, 2.75) is 120 Å². The molecule has 0 unspecified atom stereocenters. The van der Waals surface area contributed by atoms with Crippen LogP contribution < -0.4 is 0 Å². The Morgan fingerprint density at radius 1 is 1.05 bits per heavy atom. The van der Waals surface area contributed by atoms with Crippen molar-refractivity contribution in [2.75, 3.05) is 13.2 Å². The van der Waals surface area contributed by atoms with E-state index in [0.717, 1.165) is 24.8 Å². The zero-order chi connectivity index (χ0) is 27.1. The molecule has 0 amide bonds. The van der Waals surface area contributed by atoms with Gasteiger partial charge in [-0.25, -0.2) is 4.79 Å². The van der Waals surface area contributed by atoms with Gasteiger partial charge in [0.2, 0.25) is 0 Å².